The molecular formula is C16H26N2O. The first-order valence-electron chi connectivity index (χ1n) is 7.58. The summed E-state index contributed by atoms with van der Waals surface area (Å²) in [7, 11) is 0. The fourth-order valence-corrected chi connectivity index (χ4v) is 2.76. The first-order chi connectivity index (χ1) is 9.22. The summed E-state index contributed by atoms with van der Waals surface area (Å²) >= 11 is 0. The summed E-state index contributed by atoms with van der Waals surface area (Å²) in [5.74, 6) is 1.88. The topological polar surface area (TPSA) is 36.4 Å². The van der Waals surface area contributed by atoms with Gasteiger partial charge in [0.2, 0.25) is 0 Å². The van der Waals surface area contributed by atoms with Gasteiger partial charge in [-0.2, -0.15) is 0 Å². The number of aliphatic hydroxyl groups is 1. The SMILES string of the molecule is CCCc1cc(CO)cc(N2CCCC(C)CC2)n1. The molecule has 1 aliphatic rings. The molecule has 1 atom stereocenters. The number of pyridine rings is 1. The largest absolute Gasteiger partial charge is 0.392 e. The second kappa shape index (κ2) is 6.90. The Balaban J connectivity index is 2.19. The standard InChI is InChI=1S/C16H26N2O/c1-3-5-15-10-14(12-19)11-16(17-15)18-8-4-6-13(2)7-9-18/h10-11,13,19H,3-9,12H2,1-2H3. The smallest absolute Gasteiger partial charge is 0.129 e. The van der Waals surface area contributed by atoms with E-state index < -0.39 is 0 Å². The highest BCUT2D eigenvalue weighted by Crippen LogP contribution is 2.22. The summed E-state index contributed by atoms with van der Waals surface area (Å²) < 4.78 is 0. The molecule has 0 saturated carbocycles. The van der Waals surface area contributed by atoms with E-state index in [4.69, 9.17) is 4.98 Å². The van der Waals surface area contributed by atoms with Crippen LogP contribution in [0.1, 0.15) is 50.8 Å². The molecule has 1 N–H and O–H groups in total. The third kappa shape index (κ3) is 3.93. The molecule has 3 nitrogen and oxygen atoms in total. The number of anilines is 1. The number of aromatic nitrogens is 1. The van der Waals surface area contributed by atoms with Gasteiger partial charge in [-0.25, -0.2) is 4.98 Å². The lowest BCUT2D eigenvalue weighted by atomic mass is 10.0. The molecule has 0 bridgehead atoms. The lowest BCUT2D eigenvalue weighted by Crippen LogP contribution is -2.25. The minimum Gasteiger partial charge on any atom is -0.392 e. The Morgan fingerprint density at radius 3 is 2.89 bits per heavy atom. The van der Waals surface area contributed by atoms with Gasteiger partial charge in [-0.05, 0) is 49.3 Å². The first kappa shape index (κ1) is 14.3. The van der Waals surface area contributed by atoms with Crippen LogP contribution < -0.4 is 4.90 Å². The van der Waals surface area contributed by atoms with Crippen LogP contribution in [-0.2, 0) is 13.0 Å². The predicted molar refractivity (Wildman–Crippen MR) is 79.4 cm³/mol. The van der Waals surface area contributed by atoms with Crippen LogP contribution in [0, 0.1) is 5.92 Å². The molecule has 0 spiro atoms. The highest BCUT2D eigenvalue weighted by molar-refractivity contribution is 5.43. The van der Waals surface area contributed by atoms with E-state index in [0.29, 0.717) is 0 Å². The fourth-order valence-electron chi connectivity index (χ4n) is 2.76. The molecule has 0 amide bonds. The van der Waals surface area contributed by atoms with Crippen molar-refractivity contribution in [2.45, 2.75) is 52.6 Å². The number of hydrogen-bond donors (Lipinski definition) is 1. The Kier molecular flexibility index (Phi) is 5.20. The number of aliphatic hydroxyl groups excluding tert-OH is 1. The van der Waals surface area contributed by atoms with Crippen molar-refractivity contribution in [1.82, 2.24) is 4.98 Å². The summed E-state index contributed by atoms with van der Waals surface area (Å²) in [6.45, 7) is 6.80. The zero-order valence-electron chi connectivity index (χ0n) is 12.2. The molecule has 1 fully saturated rings. The van der Waals surface area contributed by atoms with Crippen LogP contribution in [0.15, 0.2) is 12.1 Å². The van der Waals surface area contributed by atoms with Crippen molar-refractivity contribution in [3.8, 4) is 0 Å². The third-order valence-electron chi connectivity index (χ3n) is 3.95. The minimum atomic E-state index is 0.108. The van der Waals surface area contributed by atoms with Crippen molar-refractivity contribution in [2.75, 3.05) is 18.0 Å². The van der Waals surface area contributed by atoms with Gasteiger partial charge in [-0.3, -0.25) is 0 Å². The van der Waals surface area contributed by atoms with Crippen molar-refractivity contribution >= 4 is 5.82 Å². The van der Waals surface area contributed by atoms with Gasteiger partial charge >= 0.3 is 0 Å². The van der Waals surface area contributed by atoms with Crippen molar-refractivity contribution in [1.29, 1.82) is 0 Å². The quantitative estimate of drug-likeness (QED) is 0.905. The first-order valence-corrected chi connectivity index (χ1v) is 7.58. The number of hydrogen-bond acceptors (Lipinski definition) is 3. The molecule has 1 aromatic heterocycles. The Morgan fingerprint density at radius 1 is 1.32 bits per heavy atom. The molecule has 3 heteroatoms. The van der Waals surface area contributed by atoms with Crippen LogP contribution >= 0.6 is 0 Å². The molecule has 106 valence electrons. The van der Waals surface area contributed by atoms with Crippen LogP contribution in [0.25, 0.3) is 0 Å². The molecule has 1 saturated heterocycles. The Hall–Kier alpha value is -1.09. The maximum atomic E-state index is 9.40. The summed E-state index contributed by atoms with van der Waals surface area (Å²) in [5, 5.41) is 9.40. The van der Waals surface area contributed by atoms with E-state index in [2.05, 4.69) is 24.8 Å². The summed E-state index contributed by atoms with van der Waals surface area (Å²) in [6.07, 6.45) is 5.89. The second-order valence-corrected chi connectivity index (χ2v) is 5.76. The Labute approximate surface area is 116 Å². The van der Waals surface area contributed by atoms with Crippen molar-refractivity contribution in [3.63, 3.8) is 0 Å². The van der Waals surface area contributed by atoms with Gasteiger partial charge in [0, 0.05) is 18.8 Å². The molecule has 1 aliphatic heterocycles. The molecule has 19 heavy (non-hydrogen) atoms. The van der Waals surface area contributed by atoms with E-state index in [0.717, 1.165) is 48.9 Å². The van der Waals surface area contributed by atoms with Gasteiger partial charge in [-0.15, -0.1) is 0 Å². The molecule has 2 heterocycles. The van der Waals surface area contributed by atoms with Gasteiger partial charge in [0.15, 0.2) is 0 Å². The molecule has 1 unspecified atom stereocenters. The normalized spacial score (nSPS) is 20.4. The summed E-state index contributed by atoms with van der Waals surface area (Å²) in [4.78, 5) is 7.17. The second-order valence-electron chi connectivity index (χ2n) is 5.76. The zero-order valence-corrected chi connectivity index (χ0v) is 12.2. The Morgan fingerprint density at radius 2 is 2.16 bits per heavy atom. The monoisotopic (exact) mass is 262 g/mol. The Bertz CT molecular complexity index is 406. The van der Waals surface area contributed by atoms with Gasteiger partial charge < -0.3 is 10.0 Å². The lowest BCUT2D eigenvalue weighted by Gasteiger charge is -2.23. The average Bonchev–Trinajstić information content (AvgIpc) is 2.63. The molecular weight excluding hydrogens is 236 g/mol. The highest BCUT2D eigenvalue weighted by atomic mass is 16.3. The van der Waals surface area contributed by atoms with Crippen molar-refractivity contribution in [2.24, 2.45) is 5.92 Å². The van der Waals surface area contributed by atoms with E-state index in [1.165, 1.54) is 19.3 Å². The number of aryl methyl sites for hydroxylation is 1. The zero-order chi connectivity index (χ0) is 13.7. The van der Waals surface area contributed by atoms with Gasteiger partial charge in [0.1, 0.15) is 5.82 Å². The van der Waals surface area contributed by atoms with Crippen LogP contribution in [0.3, 0.4) is 0 Å². The predicted octanol–water partition coefficient (Wildman–Crippen LogP) is 3.15. The molecule has 2 rings (SSSR count). The summed E-state index contributed by atoms with van der Waals surface area (Å²) in [5.41, 5.74) is 2.10. The molecule has 0 aromatic carbocycles. The van der Waals surface area contributed by atoms with Crippen LogP contribution in [0.5, 0.6) is 0 Å². The van der Waals surface area contributed by atoms with E-state index in [1.807, 2.05) is 6.07 Å². The summed E-state index contributed by atoms with van der Waals surface area (Å²) in [6, 6.07) is 4.09. The van der Waals surface area contributed by atoms with Gasteiger partial charge in [-0.1, -0.05) is 20.3 Å². The molecule has 1 aromatic rings. The van der Waals surface area contributed by atoms with Crippen molar-refractivity contribution < 1.29 is 5.11 Å². The minimum absolute atomic E-state index is 0.108. The van der Waals surface area contributed by atoms with E-state index >= 15 is 0 Å². The van der Waals surface area contributed by atoms with Gasteiger partial charge in [0.25, 0.3) is 0 Å². The molecule has 0 aliphatic carbocycles. The van der Waals surface area contributed by atoms with Gasteiger partial charge in [0.05, 0.1) is 6.61 Å². The van der Waals surface area contributed by atoms with E-state index in [-0.39, 0.29) is 6.61 Å². The maximum absolute atomic E-state index is 9.40. The third-order valence-corrected chi connectivity index (χ3v) is 3.95. The van der Waals surface area contributed by atoms with Crippen LogP contribution in [-0.4, -0.2) is 23.2 Å². The maximum Gasteiger partial charge on any atom is 0.129 e. The van der Waals surface area contributed by atoms with E-state index in [1.54, 1.807) is 0 Å². The average molecular weight is 262 g/mol. The fraction of sp³-hybridized carbons (Fsp3) is 0.688. The van der Waals surface area contributed by atoms with Crippen LogP contribution in [0.2, 0.25) is 0 Å². The van der Waals surface area contributed by atoms with E-state index in [9.17, 15) is 5.11 Å². The van der Waals surface area contributed by atoms with Crippen molar-refractivity contribution in [3.05, 3.63) is 23.4 Å². The van der Waals surface area contributed by atoms with Crippen LogP contribution in [0.4, 0.5) is 5.82 Å². The lowest BCUT2D eigenvalue weighted by molar-refractivity contribution is 0.281. The number of nitrogens with zero attached hydrogens (tertiary/aromatic N) is 2. The number of rotatable bonds is 4. The molecule has 0 radical (unpaired) electrons. The highest BCUT2D eigenvalue weighted by Gasteiger charge is 2.16.